The lowest BCUT2D eigenvalue weighted by Gasteiger charge is -2.31. The lowest BCUT2D eigenvalue weighted by Crippen LogP contribution is -2.46. The molecule has 0 aliphatic rings. The summed E-state index contributed by atoms with van der Waals surface area (Å²) in [5, 5.41) is 3.52. The summed E-state index contributed by atoms with van der Waals surface area (Å²) >= 11 is 0. The van der Waals surface area contributed by atoms with E-state index >= 15 is 0 Å². The fourth-order valence-electron chi connectivity index (χ4n) is 1.67. The summed E-state index contributed by atoms with van der Waals surface area (Å²) in [5.74, 6) is 0.744. The topological polar surface area (TPSA) is 15.3 Å². The Hall–Kier alpha value is -0.120. The van der Waals surface area contributed by atoms with Crippen molar-refractivity contribution in [3.8, 4) is 0 Å². The molecule has 0 amide bonds. The van der Waals surface area contributed by atoms with Gasteiger partial charge in [0.25, 0.3) is 0 Å². The van der Waals surface area contributed by atoms with E-state index in [-0.39, 0.29) is 0 Å². The molecule has 0 aliphatic carbocycles. The van der Waals surface area contributed by atoms with Crippen LogP contribution in [0.5, 0.6) is 0 Å². The number of hydrogen-bond donors (Lipinski definition) is 1. The molecular weight excluding hydrogens is 210 g/mol. The molecule has 0 unspecified atom stereocenters. The molecule has 0 heterocycles. The minimum atomic E-state index is 0.641. The highest BCUT2D eigenvalue weighted by atomic mass is 15.3. The normalized spacial score (nSPS) is 13.1. The molecule has 0 radical (unpaired) electrons. The van der Waals surface area contributed by atoms with Crippen LogP contribution in [0.2, 0.25) is 0 Å². The lowest BCUT2D eigenvalue weighted by atomic mass is 10.2. The molecule has 0 aromatic heterocycles. The average Bonchev–Trinajstić information content (AvgIpc) is 2.13. The maximum absolute atomic E-state index is 3.52. The molecule has 0 saturated heterocycles. The van der Waals surface area contributed by atoms with E-state index in [4.69, 9.17) is 0 Å². The highest BCUT2D eigenvalue weighted by molar-refractivity contribution is 4.64. The zero-order valence-electron chi connectivity index (χ0n) is 13.1. The Balaban J connectivity index is 3.83. The summed E-state index contributed by atoms with van der Waals surface area (Å²) in [5.41, 5.74) is 0. The molecule has 0 fully saturated rings. The smallest absolute Gasteiger partial charge is 0.0909 e. The highest BCUT2D eigenvalue weighted by Crippen LogP contribution is 2.00. The Morgan fingerprint density at radius 3 is 2.00 bits per heavy atom. The number of hydrogen-bond acceptors (Lipinski definition) is 2. The van der Waals surface area contributed by atoms with Crippen molar-refractivity contribution in [1.29, 1.82) is 0 Å². The van der Waals surface area contributed by atoms with Gasteiger partial charge in [-0.05, 0) is 26.3 Å². The number of nitrogens with one attached hydrogen (secondary N) is 1. The average molecular weight is 244 g/mol. The van der Waals surface area contributed by atoms with Gasteiger partial charge in [-0.15, -0.1) is 0 Å². The molecule has 0 aliphatic heterocycles. The third-order valence-electron chi connectivity index (χ3n) is 2.92. The molecule has 0 rings (SSSR count). The fraction of sp³-hybridized carbons (Fsp3) is 1.00. The molecule has 3 heteroatoms. The molecule has 0 spiro atoms. The molecular formula is C14H34N3+. The first-order chi connectivity index (χ1) is 7.72. The van der Waals surface area contributed by atoms with Gasteiger partial charge in [0.2, 0.25) is 0 Å². The van der Waals surface area contributed by atoms with Crippen LogP contribution >= 0.6 is 0 Å². The van der Waals surface area contributed by atoms with Crippen molar-refractivity contribution in [2.45, 2.75) is 33.7 Å². The molecule has 0 bridgehead atoms. The third kappa shape index (κ3) is 10.7. The van der Waals surface area contributed by atoms with E-state index in [0.717, 1.165) is 30.0 Å². The SMILES string of the molecule is CC(C)CNCCN(CC[N+](C)(C)C)C(C)C. The van der Waals surface area contributed by atoms with Gasteiger partial charge in [0.05, 0.1) is 27.7 Å². The zero-order chi connectivity index (χ0) is 13.5. The van der Waals surface area contributed by atoms with Gasteiger partial charge in [-0.2, -0.15) is 0 Å². The van der Waals surface area contributed by atoms with Crippen LogP contribution in [0, 0.1) is 5.92 Å². The lowest BCUT2D eigenvalue weighted by molar-refractivity contribution is -0.869. The van der Waals surface area contributed by atoms with Gasteiger partial charge in [0.15, 0.2) is 0 Å². The van der Waals surface area contributed by atoms with Gasteiger partial charge in [-0.3, -0.25) is 4.90 Å². The van der Waals surface area contributed by atoms with Crippen molar-refractivity contribution in [2.75, 3.05) is 53.9 Å². The van der Waals surface area contributed by atoms with Gasteiger partial charge >= 0.3 is 0 Å². The first-order valence-corrected chi connectivity index (χ1v) is 6.97. The second-order valence-electron chi connectivity index (χ2n) is 6.74. The van der Waals surface area contributed by atoms with Crippen LogP contribution in [0.4, 0.5) is 0 Å². The minimum Gasteiger partial charge on any atom is -0.330 e. The van der Waals surface area contributed by atoms with Crippen LogP contribution in [-0.2, 0) is 0 Å². The van der Waals surface area contributed by atoms with Gasteiger partial charge in [0.1, 0.15) is 0 Å². The second kappa shape index (κ2) is 8.06. The summed E-state index contributed by atoms with van der Waals surface area (Å²) in [4.78, 5) is 2.57. The van der Waals surface area contributed by atoms with Crippen molar-refractivity contribution in [2.24, 2.45) is 5.92 Å². The third-order valence-corrected chi connectivity index (χ3v) is 2.92. The van der Waals surface area contributed by atoms with Crippen LogP contribution in [0.1, 0.15) is 27.7 Å². The predicted octanol–water partition coefficient (Wildman–Crippen LogP) is 1.65. The van der Waals surface area contributed by atoms with E-state index in [0.29, 0.717) is 6.04 Å². The quantitative estimate of drug-likeness (QED) is 0.490. The van der Waals surface area contributed by atoms with Crippen molar-refractivity contribution >= 4 is 0 Å². The van der Waals surface area contributed by atoms with Gasteiger partial charge in [-0.1, -0.05) is 13.8 Å². The van der Waals surface area contributed by atoms with Gasteiger partial charge in [0, 0.05) is 25.7 Å². The van der Waals surface area contributed by atoms with Crippen LogP contribution in [0.15, 0.2) is 0 Å². The van der Waals surface area contributed by atoms with E-state index in [9.17, 15) is 0 Å². The zero-order valence-corrected chi connectivity index (χ0v) is 13.1. The molecule has 1 N–H and O–H groups in total. The van der Waals surface area contributed by atoms with E-state index in [1.807, 2.05) is 0 Å². The van der Waals surface area contributed by atoms with Gasteiger partial charge < -0.3 is 9.80 Å². The molecule has 3 nitrogen and oxygen atoms in total. The van der Waals surface area contributed by atoms with E-state index in [2.05, 4.69) is 59.1 Å². The van der Waals surface area contributed by atoms with E-state index in [1.165, 1.54) is 13.1 Å². The van der Waals surface area contributed by atoms with Gasteiger partial charge in [-0.25, -0.2) is 0 Å². The van der Waals surface area contributed by atoms with E-state index < -0.39 is 0 Å². The molecule has 0 saturated carbocycles. The van der Waals surface area contributed by atoms with Crippen LogP contribution in [0.3, 0.4) is 0 Å². The Bertz CT molecular complexity index is 182. The summed E-state index contributed by atoms with van der Waals surface area (Å²) in [6, 6.07) is 0.641. The van der Waals surface area contributed by atoms with Crippen LogP contribution in [-0.4, -0.2) is 69.3 Å². The Morgan fingerprint density at radius 1 is 1.00 bits per heavy atom. The summed E-state index contributed by atoms with van der Waals surface area (Å²) in [6.07, 6.45) is 0. The molecule has 0 atom stereocenters. The monoisotopic (exact) mass is 244 g/mol. The molecule has 0 aromatic rings. The largest absolute Gasteiger partial charge is 0.330 e. The molecule has 0 aromatic carbocycles. The van der Waals surface area contributed by atoms with Crippen molar-refractivity contribution in [3.05, 3.63) is 0 Å². The maximum atomic E-state index is 3.52. The number of rotatable bonds is 9. The van der Waals surface area contributed by atoms with Crippen LogP contribution < -0.4 is 5.32 Å². The molecule has 17 heavy (non-hydrogen) atoms. The van der Waals surface area contributed by atoms with Crippen molar-refractivity contribution < 1.29 is 4.48 Å². The molecule has 104 valence electrons. The Labute approximate surface area is 109 Å². The fourth-order valence-corrected chi connectivity index (χ4v) is 1.67. The first-order valence-electron chi connectivity index (χ1n) is 6.97. The van der Waals surface area contributed by atoms with E-state index in [1.54, 1.807) is 0 Å². The Morgan fingerprint density at radius 2 is 1.59 bits per heavy atom. The minimum absolute atomic E-state index is 0.641. The Kier molecular flexibility index (Phi) is 8.01. The highest BCUT2D eigenvalue weighted by Gasteiger charge is 2.13. The number of likely N-dealkylation sites (N-methyl/N-ethyl adjacent to an activating group) is 1. The number of quaternary nitrogens is 1. The summed E-state index contributed by atoms with van der Waals surface area (Å²) in [6.45, 7) is 14.9. The number of nitrogens with zero attached hydrogens (tertiary/aromatic N) is 2. The van der Waals surface area contributed by atoms with Crippen molar-refractivity contribution in [1.82, 2.24) is 10.2 Å². The second-order valence-corrected chi connectivity index (χ2v) is 6.74. The predicted molar refractivity (Wildman–Crippen MR) is 77.3 cm³/mol. The maximum Gasteiger partial charge on any atom is 0.0909 e. The summed E-state index contributed by atoms with van der Waals surface area (Å²) in [7, 11) is 6.78. The first kappa shape index (κ1) is 16.9. The summed E-state index contributed by atoms with van der Waals surface area (Å²) < 4.78 is 1.04. The van der Waals surface area contributed by atoms with Crippen molar-refractivity contribution in [3.63, 3.8) is 0 Å². The standard InChI is InChI=1S/C14H34N3/c1-13(2)12-15-8-9-16(14(3)4)10-11-17(5,6)7/h13-15H,8-12H2,1-7H3/q+1. The van der Waals surface area contributed by atoms with Crippen LogP contribution in [0.25, 0.3) is 0 Å².